The van der Waals surface area contributed by atoms with Crippen LogP contribution >= 0.6 is 0 Å². The number of rotatable bonds is 3. The predicted molar refractivity (Wildman–Crippen MR) is 68.5 cm³/mol. The minimum atomic E-state index is -0.295. The average molecular weight is 249 g/mol. The Kier molecular flexibility index (Phi) is 3.87. The summed E-state index contributed by atoms with van der Waals surface area (Å²) in [5, 5.41) is 22.0. The summed E-state index contributed by atoms with van der Waals surface area (Å²) in [5.41, 5.74) is 1.20. The Morgan fingerprint density at radius 1 is 1.44 bits per heavy atom. The Morgan fingerprint density at radius 3 is 2.83 bits per heavy atom. The zero-order valence-corrected chi connectivity index (χ0v) is 10.5. The van der Waals surface area contributed by atoms with E-state index in [1.165, 1.54) is 6.07 Å². The third-order valence-corrected chi connectivity index (χ3v) is 3.62. The molecule has 18 heavy (non-hydrogen) atoms. The van der Waals surface area contributed by atoms with E-state index in [9.17, 15) is 15.0 Å². The number of nitrogens with one attached hydrogen (secondary N) is 1. The number of aryl methyl sites for hydroxylation is 1. The van der Waals surface area contributed by atoms with Gasteiger partial charge in [0, 0.05) is 18.0 Å². The highest BCUT2D eigenvalue weighted by atomic mass is 16.3. The van der Waals surface area contributed by atoms with E-state index >= 15 is 0 Å². The number of phenols is 1. The highest BCUT2D eigenvalue weighted by Gasteiger charge is 2.25. The van der Waals surface area contributed by atoms with Crippen LogP contribution in [0.4, 0.5) is 0 Å². The lowest BCUT2D eigenvalue weighted by Gasteiger charge is -2.15. The molecule has 1 aromatic carbocycles. The van der Waals surface area contributed by atoms with Crippen LogP contribution < -0.4 is 5.32 Å². The van der Waals surface area contributed by atoms with Gasteiger partial charge in [-0.3, -0.25) is 4.79 Å². The molecular formula is C14H19NO3. The topological polar surface area (TPSA) is 69.6 Å². The summed E-state index contributed by atoms with van der Waals surface area (Å²) in [4.78, 5) is 11.9. The molecule has 4 nitrogen and oxygen atoms in total. The zero-order chi connectivity index (χ0) is 13.1. The van der Waals surface area contributed by atoms with E-state index in [0.717, 1.165) is 24.8 Å². The summed E-state index contributed by atoms with van der Waals surface area (Å²) in [6.07, 6.45) is 2.51. The molecule has 2 atom stereocenters. The van der Waals surface area contributed by atoms with E-state index in [2.05, 4.69) is 5.32 Å². The highest BCUT2D eigenvalue weighted by molar-refractivity contribution is 5.94. The molecule has 0 saturated heterocycles. The number of aromatic hydroxyl groups is 1. The summed E-state index contributed by atoms with van der Waals surface area (Å²) in [5.74, 6) is 0.0842. The molecule has 2 unspecified atom stereocenters. The molecule has 0 aliphatic heterocycles. The van der Waals surface area contributed by atoms with Gasteiger partial charge in [0.2, 0.25) is 0 Å². The number of carbonyl (C=O) groups excluding carboxylic acids is 1. The van der Waals surface area contributed by atoms with Gasteiger partial charge >= 0.3 is 0 Å². The van der Waals surface area contributed by atoms with Gasteiger partial charge in [-0.1, -0.05) is 12.5 Å². The molecule has 98 valence electrons. The van der Waals surface area contributed by atoms with E-state index < -0.39 is 0 Å². The van der Waals surface area contributed by atoms with Crippen molar-refractivity contribution in [1.82, 2.24) is 5.32 Å². The van der Waals surface area contributed by atoms with Crippen LogP contribution in [0, 0.1) is 12.8 Å². The van der Waals surface area contributed by atoms with E-state index in [1.54, 1.807) is 19.1 Å². The van der Waals surface area contributed by atoms with Crippen LogP contribution in [0.5, 0.6) is 5.75 Å². The Morgan fingerprint density at radius 2 is 2.22 bits per heavy atom. The maximum absolute atomic E-state index is 11.9. The molecule has 2 rings (SSSR count). The fourth-order valence-corrected chi connectivity index (χ4v) is 2.33. The third-order valence-electron chi connectivity index (χ3n) is 3.62. The molecule has 1 aliphatic rings. The van der Waals surface area contributed by atoms with Gasteiger partial charge in [-0.05, 0) is 37.5 Å². The highest BCUT2D eigenvalue weighted by Crippen LogP contribution is 2.24. The van der Waals surface area contributed by atoms with E-state index in [-0.39, 0.29) is 23.7 Å². The first-order chi connectivity index (χ1) is 8.58. The summed E-state index contributed by atoms with van der Waals surface area (Å²) >= 11 is 0. The number of aliphatic hydroxyl groups is 1. The first kappa shape index (κ1) is 12.9. The first-order valence-corrected chi connectivity index (χ1v) is 6.34. The molecule has 1 aliphatic carbocycles. The molecule has 1 amide bonds. The fraction of sp³-hybridized carbons (Fsp3) is 0.500. The van der Waals surface area contributed by atoms with Crippen LogP contribution in [-0.4, -0.2) is 28.8 Å². The van der Waals surface area contributed by atoms with Crippen molar-refractivity contribution in [2.24, 2.45) is 5.92 Å². The van der Waals surface area contributed by atoms with Gasteiger partial charge in [0.15, 0.2) is 0 Å². The van der Waals surface area contributed by atoms with Crippen molar-refractivity contribution in [3.05, 3.63) is 29.3 Å². The second-order valence-electron chi connectivity index (χ2n) is 4.97. The number of benzene rings is 1. The molecular weight excluding hydrogens is 230 g/mol. The second kappa shape index (κ2) is 5.40. The number of carbonyl (C=O) groups is 1. The predicted octanol–water partition coefficient (Wildman–Crippen LogP) is 1.59. The van der Waals surface area contributed by atoms with E-state index in [4.69, 9.17) is 0 Å². The summed E-state index contributed by atoms with van der Waals surface area (Å²) in [7, 11) is 0. The lowest BCUT2D eigenvalue weighted by atomic mass is 10.1. The normalized spacial score (nSPS) is 23.0. The molecule has 1 saturated carbocycles. The number of phenolic OH excluding ortho intramolecular Hbond substituents is 1. The van der Waals surface area contributed by atoms with Gasteiger partial charge in [0.05, 0.1) is 6.10 Å². The van der Waals surface area contributed by atoms with Crippen molar-refractivity contribution >= 4 is 5.91 Å². The monoisotopic (exact) mass is 249 g/mol. The average Bonchev–Trinajstić information content (AvgIpc) is 2.75. The SMILES string of the molecule is Cc1ccc(C(=O)NCC2CCCC2O)cc1O. The molecule has 1 fully saturated rings. The van der Waals surface area contributed by atoms with Crippen LogP contribution in [0.25, 0.3) is 0 Å². The number of hydrogen-bond donors (Lipinski definition) is 3. The molecule has 4 heteroatoms. The Balaban J connectivity index is 1.93. The minimum Gasteiger partial charge on any atom is -0.508 e. The lowest BCUT2D eigenvalue weighted by molar-refractivity contribution is 0.0916. The van der Waals surface area contributed by atoms with Crippen molar-refractivity contribution in [2.45, 2.75) is 32.3 Å². The van der Waals surface area contributed by atoms with Crippen molar-refractivity contribution < 1.29 is 15.0 Å². The standard InChI is InChI=1S/C14H19NO3/c1-9-5-6-10(7-13(9)17)14(18)15-8-11-3-2-4-12(11)16/h5-7,11-12,16-17H,2-4,8H2,1H3,(H,15,18). The van der Waals surface area contributed by atoms with Gasteiger partial charge < -0.3 is 15.5 Å². The summed E-state index contributed by atoms with van der Waals surface area (Å²) in [6, 6.07) is 4.87. The fourth-order valence-electron chi connectivity index (χ4n) is 2.33. The van der Waals surface area contributed by atoms with Crippen LogP contribution in [0.2, 0.25) is 0 Å². The first-order valence-electron chi connectivity index (χ1n) is 6.34. The van der Waals surface area contributed by atoms with E-state index in [1.807, 2.05) is 0 Å². The summed E-state index contributed by atoms with van der Waals surface area (Å²) < 4.78 is 0. The van der Waals surface area contributed by atoms with Crippen LogP contribution in [-0.2, 0) is 0 Å². The molecule has 0 aromatic heterocycles. The maximum atomic E-state index is 11.9. The Bertz CT molecular complexity index is 445. The molecule has 1 aromatic rings. The van der Waals surface area contributed by atoms with Crippen LogP contribution in [0.15, 0.2) is 18.2 Å². The molecule has 0 radical (unpaired) electrons. The number of amides is 1. The van der Waals surface area contributed by atoms with Gasteiger partial charge in [-0.15, -0.1) is 0 Å². The van der Waals surface area contributed by atoms with Gasteiger partial charge in [0.25, 0.3) is 5.91 Å². The van der Waals surface area contributed by atoms with E-state index in [0.29, 0.717) is 12.1 Å². The number of aliphatic hydroxyl groups excluding tert-OH is 1. The largest absolute Gasteiger partial charge is 0.508 e. The van der Waals surface area contributed by atoms with Crippen molar-refractivity contribution in [1.29, 1.82) is 0 Å². The Hall–Kier alpha value is -1.55. The third kappa shape index (κ3) is 2.82. The Labute approximate surface area is 107 Å². The van der Waals surface area contributed by atoms with Crippen LogP contribution in [0.1, 0.15) is 35.2 Å². The second-order valence-corrected chi connectivity index (χ2v) is 4.97. The quantitative estimate of drug-likeness (QED) is 0.762. The number of hydrogen-bond acceptors (Lipinski definition) is 3. The lowest BCUT2D eigenvalue weighted by Crippen LogP contribution is -2.32. The van der Waals surface area contributed by atoms with Crippen molar-refractivity contribution in [3.63, 3.8) is 0 Å². The van der Waals surface area contributed by atoms with Gasteiger partial charge in [-0.2, -0.15) is 0 Å². The molecule has 0 heterocycles. The van der Waals surface area contributed by atoms with Crippen LogP contribution in [0.3, 0.4) is 0 Å². The minimum absolute atomic E-state index is 0.128. The molecule has 0 bridgehead atoms. The summed E-state index contributed by atoms with van der Waals surface area (Å²) in [6.45, 7) is 2.28. The maximum Gasteiger partial charge on any atom is 0.251 e. The van der Waals surface area contributed by atoms with Crippen molar-refractivity contribution in [2.75, 3.05) is 6.54 Å². The van der Waals surface area contributed by atoms with Gasteiger partial charge in [-0.25, -0.2) is 0 Å². The smallest absolute Gasteiger partial charge is 0.251 e. The molecule has 3 N–H and O–H groups in total. The van der Waals surface area contributed by atoms with Crippen molar-refractivity contribution in [3.8, 4) is 5.75 Å². The van der Waals surface area contributed by atoms with Gasteiger partial charge in [0.1, 0.15) is 5.75 Å². The molecule has 0 spiro atoms. The zero-order valence-electron chi connectivity index (χ0n) is 10.5.